The SMILES string of the molecule is CC(C)(C)c1ccc(-c2ccc3c(c2)CCC=C3)cc1. The number of allylic oxidation sites excluding steroid dienone is 1. The Morgan fingerprint density at radius 3 is 2.25 bits per heavy atom. The van der Waals surface area contributed by atoms with Crippen molar-refractivity contribution < 1.29 is 0 Å². The first kappa shape index (κ1) is 13.2. The molecular formula is C20H22. The Morgan fingerprint density at radius 1 is 0.850 bits per heavy atom. The van der Waals surface area contributed by atoms with Crippen LogP contribution < -0.4 is 0 Å². The van der Waals surface area contributed by atoms with E-state index in [0.717, 1.165) is 0 Å². The minimum atomic E-state index is 0.221. The average Bonchev–Trinajstić information content (AvgIpc) is 2.46. The smallest absolute Gasteiger partial charge is 0.0132 e. The molecule has 0 nitrogen and oxygen atoms in total. The lowest BCUT2D eigenvalue weighted by atomic mass is 9.86. The molecule has 0 saturated carbocycles. The Hall–Kier alpha value is -1.82. The number of rotatable bonds is 1. The Labute approximate surface area is 122 Å². The molecule has 0 heteroatoms. The minimum absolute atomic E-state index is 0.221. The zero-order valence-electron chi connectivity index (χ0n) is 12.6. The summed E-state index contributed by atoms with van der Waals surface area (Å²) in [5.74, 6) is 0. The van der Waals surface area contributed by atoms with E-state index < -0.39 is 0 Å². The van der Waals surface area contributed by atoms with E-state index in [9.17, 15) is 0 Å². The third kappa shape index (κ3) is 2.56. The molecule has 2 aromatic rings. The molecule has 1 aliphatic carbocycles. The lowest BCUT2D eigenvalue weighted by Crippen LogP contribution is -2.10. The van der Waals surface area contributed by atoms with Crippen LogP contribution in [0.4, 0.5) is 0 Å². The van der Waals surface area contributed by atoms with Crippen molar-refractivity contribution in [1.82, 2.24) is 0 Å². The summed E-state index contributed by atoms with van der Waals surface area (Å²) in [6, 6.07) is 15.9. The predicted octanol–water partition coefficient (Wildman–Crippen LogP) is 5.61. The van der Waals surface area contributed by atoms with Gasteiger partial charge < -0.3 is 0 Å². The van der Waals surface area contributed by atoms with Gasteiger partial charge in [0.2, 0.25) is 0 Å². The predicted molar refractivity (Wildman–Crippen MR) is 87.9 cm³/mol. The molecule has 3 rings (SSSR count). The van der Waals surface area contributed by atoms with Crippen LogP contribution in [0.15, 0.2) is 48.5 Å². The zero-order chi connectivity index (χ0) is 14.2. The highest BCUT2D eigenvalue weighted by atomic mass is 14.2. The van der Waals surface area contributed by atoms with Crippen molar-refractivity contribution in [3.05, 3.63) is 65.2 Å². The van der Waals surface area contributed by atoms with Gasteiger partial charge in [-0.05, 0) is 46.1 Å². The van der Waals surface area contributed by atoms with Gasteiger partial charge in [0, 0.05) is 0 Å². The van der Waals surface area contributed by atoms with Crippen LogP contribution in [0.5, 0.6) is 0 Å². The number of hydrogen-bond donors (Lipinski definition) is 0. The Kier molecular flexibility index (Phi) is 3.25. The van der Waals surface area contributed by atoms with Crippen molar-refractivity contribution >= 4 is 6.08 Å². The van der Waals surface area contributed by atoms with Gasteiger partial charge in [-0.3, -0.25) is 0 Å². The molecule has 0 fully saturated rings. The van der Waals surface area contributed by atoms with Gasteiger partial charge in [0.05, 0.1) is 0 Å². The molecule has 0 heterocycles. The Bertz CT molecular complexity index is 637. The molecule has 1 aliphatic rings. The van der Waals surface area contributed by atoms with Crippen LogP contribution in [0.1, 0.15) is 43.9 Å². The van der Waals surface area contributed by atoms with E-state index in [1.165, 1.54) is 40.7 Å². The second-order valence-electron chi connectivity index (χ2n) is 6.68. The van der Waals surface area contributed by atoms with E-state index in [0.29, 0.717) is 0 Å². The molecule has 0 spiro atoms. The molecule has 0 unspecified atom stereocenters. The van der Waals surface area contributed by atoms with E-state index in [1.807, 2.05) is 0 Å². The van der Waals surface area contributed by atoms with E-state index in [1.54, 1.807) is 0 Å². The van der Waals surface area contributed by atoms with Gasteiger partial charge in [-0.1, -0.05) is 75.4 Å². The summed E-state index contributed by atoms with van der Waals surface area (Å²) in [6.07, 6.45) is 6.84. The maximum atomic E-state index is 2.35. The van der Waals surface area contributed by atoms with Gasteiger partial charge in [0.15, 0.2) is 0 Å². The third-order valence-corrected chi connectivity index (χ3v) is 4.10. The van der Waals surface area contributed by atoms with Crippen LogP contribution in [0.25, 0.3) is 17.2 Å². The van der Waals surface area contributed by atoms with E-state index in [-0.39, 0.29) is 5.41 Å². The molecule has 2 aromatic carbocycles. The van der Waals surface area contributed by atoms with Crippen LogP contribution in [-0.4, -0.2) is 0 Å². The van der Waals surface area contributed by atoms with Crippen LogP contribution in [0.2, 0.25) is 0 Å². The number of fused-ring (bicyclic) bond motifs is 1. The third-order valence-electron chi connectivity index (χ3n) is 4.10. The topological polar surface area (TPSA) is 0 Å². The molecule has 0 N–H and O–H groups in total. The van der Waals surface area contributed by atoms with Crippen LogP contribution >= 0.6 is 0 Å². The Balaban J connectivity index is 1.95. The van der Waals surface area contributed by atoms with Crippen molar-refractivity contribution in [2.75, 3.05) is 0 Å². The minimum Gasteiger partial charge on any atom is -0.0836 e. The Morgan fingerprint density at radius 2 is 1.55 bits per heavy atom. The van der Waals surface area contributed by atoms with Gasteiger partial charge in [-0.15, -0.1) is 0 Å². The normalized spacial score (nSPS) is 14.2. The van der Waals surface area contributed by atoms with Crippen LogP contribution in [0, 0.1) is 0 Å². The second-order valence-corrected chi connectivity index (χ2v) is 6.68. The first-order valence-corrected chi connectivity index (χ1v) is 7.44. The van der Waals surface area contributed by atoms with Crippen molar-refractivity contribution in [3.63, 3.8) is 0 Å². The quantitative estimate of drug-likeness (QED) is 0.626. The maximum Gasteiger partial charge on any atom is -0.0132 e. The van der Waals surface area contributed by atoms with Gasteiger partial charge in [-0.25, -0.2) is 0 Å². The van der Waals surface area contributed by atoms with Crippen LogP contribution in [0.3, 0.4) is 0 Å². The first-order valence-electron chi connectivity index (χ1n) is 7.44. The van der Waals surface area contributed by atoms with E-state index in [4.69, 9.17) is 0 Å². The number of benzene rings is 2. The molecule has 0 atom stereocenters. The second kappa shape index (κ2) is 4.94. The van der Waals surface area contributed by atoms with E-state index in [2.05, 4.69) is 75.4 Å². The van der Waals surface area contributed by atoms with Crippen molar-refractivity contribution in [3.8, 4) is 11.1 Å². The van der Waals surface area contributed by atoms with Gasteiger partial charge in [0.25, 0.3) is 0 Å². The molecule has 0 aromatic heterocycles. The van der Waals surface area contributed by atoms with Gasteiger partial charge in [-0.2, -0.15) is 0 Å². The number of hydrogen-bond acceptors (Lipinski definition) is 0. The monoisotopic (exact) mass is 262 g/mol. The summed E-state index contributed by atoms with van der Waals surface area (Å²) >= 11 is 0. The van der Waals surface area contributed by atoms with Crippen LogP contribution in [-0.2, 0) is 11.8 Å². The summed E-state index contributed by atoms with van der Waals surface area (Å²) in [5.41, 5.74) is 7.12. The van der Waals surface area contributed by atoms with Crippen molar-refractivity contribution in [2.45, 2.75) is 39.0 Å². The first-order chi connectivity index (χ1) is 9.54. The lowest BCUT2D eigenvalue weighted by molar-refractivity contribution is 0.590. The molecular weight excluding hydrogens is 240 g/mol. The molecule has 0 aliphatic heterocycles. The average molecular weight is 262 g/mol. The molecule has 0 saturated heterocycles. The van der Waals surface area contributed by atoms with Gasteiger partial charge >= 0.3 is 0 Å². The number of aryl methyl sites for hydroxylation is 1. The highest BCUT2D eigenvalue weighted by molar-refractivity contribution is 5.69. The fourth-order valence-corrected chi connectivity index (χ4v) is 2.78. The fourth-order valence-electron chi connectivity index (χ4n) is 2.78. The van der Waals surface area contributed by atoms with E-state index >= 15 is 0 Å². The molecule has 0 amide bonds. The summed E-state index contributed by atoms with van der Waals surface area (Å²) in [5, 5.41) is 0. The summed E-state index contributed by atoms with van der Waals surface area (Å²) in [6.45, 7) is 6.77. The standard InChI is InChI=1S/C20H22/c1-20(2,3)19-12-10-16(11-13-19)18-9-8-15-6-4-5-7-17(15)14-18/h4,6,8-14H,5,7H2,1-3H3. The van der Waals surface area contributed by atoms with Crippen molar-refractivity contribution in [2.24, 2.45) is 0 Å². The highest BCUT2D eigenvalue weighted by Gasteiger charge is 2.13. The largest absolute Gasteiger partial charge is 0.0836 e. The summed E-state index contributed by atoms with van der Waals surface area (Å²) in [7, 11) is 0. The zero-order valence-corrected chi connectivity index (χ0v) is 12.6. The highest BCUT2D eigenvalue weighted by Crippen LogP contribution is 2.29. The molecule has 0 radical (unpaired) electrons. The summed E-state index contributed by atoms with van der Waals surface area (Å²) in [4.78, 5) is 0. The molecule has 0 bridgehead atoms. The lowest BCUT2D eigenvalue weighted by Gasteiger charge is -2.19. The van der Waals surface area contributed by atoms with Crippen molar-refractivity contribution in [1.29, 1.82) is 0 Å². The molecule has 102 valence electrons. The summed E-state index contributed by atoms with van der Waals surface area (Å²) < 4.78 is 0. The molecule has 20 heavy (non-hydrogen) atoms. The van der Waals surface area contributed by atoms with Gasteiger partial charge in [0.1, 0.15) is 0 Å². The maximum absolute atomic E-state index is 2.35. The fraction of sp³-hybridized carbons (Fsp3) is 0.300.